The highest BCUT2D eigenvalue weighted by Crippen LogP contribution is 2.28. The van der Waals surface area contributed by atoms with Gasteiger partial charge in [0.1, 0.15) is 5.76 Å². The third kappa shape index (κ3) is 2.88. The largest absolute Gasteiger partial charge is 0.459 e. The molecule has 3 heterocycles. The van der Waals surface area contributed by atoms with Gasteiger partial charge in [-0.25, -0.2) is 4.79 Å². The molecule has 1 fully saturated rings. The molecule has 0 spiro atoms. The molecule has 130 valence electrons. The Morgan fingerprint density at radius 2 is 2.12 bits per heavy atom. The number of likely N-dealkylation sites (tertiary alicyclic amines) is 1. The molecular weight excluding hydrogens is 316 g/mol. The fourth-order valence-corrected chi connectivity index (χ4v) is 3.63. The minimum absolute atomic E-state index is 0.0921. The summed E-state index contributed by atoms with van der Waals surface area (Å²) in [5, 5.41) is 8.55. The molecule has 1 atom stereocenters. The number of urea groups is 1. The van der Waals surface area contributed by atoms with E-state index in [0.717, 1.165) is 41.1 Å². The van der Waals surface area contributed by atoms with Crippen LogP contribution < -0.4 is 5.32 Å². The highest BCUT2D eigenvalue weighted by Gasteiger charge is 2.29. The van der Waals surface area contributed by atoms with Crippen LogP contribution in [0, 0.1) is 20.8 Å². The van der Waals surface area contributed by atoms with Gasteiger partial charge in [-0.1, -0.05) is 12.1 Å². The predicted octanol–water partition coefficient (Wildman–Crippen LogP) is 4.03. The van der Waals surface area contributed by atoms with E-state index in [9.17, 15) is 4.79 Å². The van der Waals surface area contributed by atoms with E-state index in [2.05, 4.69) is 23.4 Å². The van der Waals surface area contributed by atoms with Crippen LogP contribution in [0.1, 0.15) is 29.6 Å². The highest BCUT2D eigenvalue weighted by atomic mass is 16.3. The summed E-state index contributed by atoms with van der Waals surface area (Å²) < 4.78 is 7.77. The van der Waals surface area contributed by atoms with Crippen LogP contribution in [0.4, 0.5) is 10.5 Å². The van der Waals surface area contributed by atoms with Crippen LogP contribution in [0.25, 0.3) is 11.0 Å². The second kappa shape index (κ2) is 5.95. The van der Waals surface area contributed by atoms with Crippen LogP contribution in [0.2, 0.25) is 0 Å². The fourth-order valence-electron chi connectivity index (χ4n) is 3.63. The molecule has 1 saturated heterocycles. The van der Waals surface area contributed by atoms with Gasteiger partial charge in [-0.15, -0.1) is 0 Å². The fraction of sp³-hybridized carbons (Fsp3) is 0.368. The van der Waals surface area contributed by atoms with Crippen LogP contribution in [0.5, 0.6) is 0 Å². The van der Waals surface area contributed by atoms with Gasteiger partial charge in [0.25, 0.3) is 0 Å². The molecule has 1 aromatic carbocycles. The first-order chi connectivity index (χ1) is 12.0. The van der Waals surface area contributed by atoms with Crippen molar-refractivity contribution in [2.24, 2.45) is 0 Å². The molecule has 6 nitrogen and oxygen atoms in total. The minimum Gasteiger partial charge on any atom is -0.459 e. The summed E-state index contributed by atoms with van der Waals surface area (Å²) >= 11 is 0. The molecule has 2 amide bonds. The summed E-state index contributed by atoms with van der Waals surface area (Å²) in [5.74, 6) is 0.836. The maximum atomic E-state index is 12.7. The summed E-state index contributed by atoms with van der Waals surface area (Å²) in [6.45, 7) is 7.35. The van der Waals surface area contributed by atoms with Gasteiger partial charge in [0.2, 0.25) is 0 Å². The second-order valence-electron chi connectivity index (χ2n) is 6.77. The summed E-state index contributed by atoms with van der Waals surface area (Å²) in [7, 11) is 0. The maximum absolute atomic E-state index is 12.7. The number of benzene rings is 1. The van der Waals surface area contributed by atoms with E-state index in [1.165, 1.54) is 0 Å². The third-order valence-corrected chi connectivity index (χ3v) is 4.75. The quantitative estimate of drug-likeness (QED) is 0.767. The molecule has 6 heteroatoms. The van der Waals surface area contributed by atoms with Gasteiger partial charge in [-0.05, 0) is 45.4 Å². The van der Waals surface area contributed by atoms with E-state index in [4.69, 9.17) is 4.42 Å². The highest BCUT2D eigenvalue weighted by molar-refractivity contribution is 5.99. The van der Waals surface area contributed by atoms with Crippen molar-refractivity contribution in [3.05, 3.63) is 47.5 Å². The molecule has 2 aromatic heterocycles. The lowest BCUT2D eigenvalue weighted by Gasteiger charge is -2.18. The standard InChI is InChI=1S/C19H22N4O2/c1-12-9-13(2)23(21-12)16-7-8-22(11-16)19(24)20-17-6-4-5-15-10-14(3)25-18(15)17/h4-6,9-10,16H,7-8,11H2,1-3H3,(H,20,24). The smallest absolute Gasteiger partial charge is 0.322 e. The van der Waals surface area contributed by atoms with E-state index < -0.39 is 0 Å². The van der Waals surface area contributed by atoms with Crippen molar-refractivity contribution >= 4 is 22.7 Å². The number of fused-ring (bicyclic) bond motifs is 1. The van der Waals surface area contributed by atoms with Crippen LogP contribution in [-0.2, 0) is 0 Å². The number of nitrogens with zero attached hydrogens (tertiary/aromatic N) is 3. The Morgan fingerprint density at radius 1 is 1.28 bits per heavy atom. The molecule has 0 aliphatic carbocycles. The summed E-state index contributed by atoms with van der Waals surface area (Å²) in [5.41, 5.74) is 3.59. The van der Waals surface area contributed by atoms with Crippen LogP contribution >= 0.6 is 0 Å². The SMILES string of the molecule is Cc1cc(C)n(C2CCN(C(=O)Nc3cccc4cc(C)oc34)C2)n1. The minimum atomic E-state index is -0.0921. The number of carbonyl (C=O) groups excluding carboxylic acids is 1. The van der Waals surface area contributed by atoms with E-state index in [-0.39, 0.29) is 12.1 Å². The average molecular weight is 338 g/mol. The first kappa shape index (κ1) is 15.7. The van der Waals surface area contributed by atoms with Crippen molar-refractivity contribution < 1.29 is 9.21 Å². The topological polar surface area (TPSA) is 63.3 Å². The van der Waals surface area contributed by atoms with E-state index in [0.29, 0.717) is 12.2 Å². The first-order valence-corrected chi connectivity index (χ1v) is 8.59. The number of carbonyl (C=O) groups is 1. The normalized spacial score (nSPS) is 17.4. The number of aryl methyl sites for hydroxylation is 3. The molecule has 1 N–H and O–H groups in total. The Morgan fingerprint density at radius 3 is 2.88 bits per heavy atom. The van der Waals surface area contributed by atoms with E-state index >= 15 is 0 Å². The zero-order valence-electron chi connectivity index (χ0n) is 14.7. The number of furan rings is 1. The van der Waals surface area contributed by atoms with Gasteiger partial charge < -0.3 is 14.6 Å². The number of hydrogen-bond donors (Lipinski definition) is 1. The maximum Gasteiger partial charge on any atom is 0.322 e. The summed E-state index contributed by atoms with van der Waals surface area (Å²) in [6.07, 6.45) is 0.916. The Labute approximate surface area is 146 Å². The van der Waals surface area contributed by atoms with Gasteiger partial charge >= 0.3 is 6.03 Å². The van der Waals surface area contributed by atoms with Gasteiger partial charge in [0.05, 0.1) is 17.4 Å². The van der Waals surface area contributed by atoms with Crippen LogP contribution in [0.15, 0.2) is 34.7 Å². The molecule has 1 unspecified atom stereocenters. The lowest BCUT2D eigenvalue weighted by Crippen LogP contribution is -2.33. The van der Waals surface area contributed by atoms with Gasteiger partial charge in [0, 0.05) is 24.2 Å². The molecule has 3 aromatic rings. The zero-order valence-corrected chi connectivity index (χ0v) is 14.7. The number of anilines is 1. The van der Waals surface area contributed by atoms with Crippen molar-refractivity contribution in [3.8, 4) is 0 Å². The van der Waals surface area contributed by atoms with E-state index in [1.807, 2.05) is 47.7 Å². The van der Waals surface area contributed by atoms with Crippen molar-refractivity contribution in [2.45, 2.75) is 33.2 Å². The monoisotopic (exact) mass is 338 g/mol. The van der Waals surface area contributed by atoms with E-state index in [1.54, 1.807) is 0 Å². The Kier molecular flexibility index (Phi) is 3.75. The Bertz CT molecular complexity index is 940. The number of aromatic nitrogens is 2. The Hall–Kier alpha value is -2.76. The number of amides is 2. The molecule has 1 aliphatic heterocycles. The third-order valence-electron chi connectivity index (χ3n) is 4.75. The van der Waals surface area contributed by atoms with Gasteiger partial charge in [0.15, 0.2) is 5.58 Å². The number of rotatable bonds is 2. The lowest BCUT2D eigenvalue weighted by molar-refractivity contribution is 0.220. The second-order valence-corrected chi connectivity index (χ2v) is 6.77. The number of nitrogens with one attached hydrogen (secondary N) is 1. The van der Waals surface area contributed by atoms with Crippen molar-refractivity contribution in [1.29, 1.82) is 0 Å². The van der Waals surface area contributed by atoms with Gasteiger partial charge in [-0.2, -0.15) is 5.10 Å². The molecule has 0 bridgehead atoms. The number of para-hydroxylation sites is 1. The van der Waals surface area contributed by atoms with Crippen molar-refractivity contribution in [3.63, 3.8) is 0 Å². The molecule has 0 saturated carbocycles. The summed E-state index contributed by atoms with van der Waals surface area (Å²) in [6, 6.07) is 9.97. The average Bonchev–Trinajstić information content (AvgIpc) is 3.25. The zero-order chi connectivity index (χ0) is 17.6. The van der Waals surface area contributed by atoms with Crippen molar-refractivity contribution in [1.82, 2.24) is 14.7 Å². The van der Waals surface area contributed by atoms with Crippen molar-refractivity contribution in [2.75, 3.05) is 18.4 Å². The molecule has 1 aliphatic rings. The molecule has 25 heavy (non-hydrogen) atoms. The Balaban J connectivity index is 1.49. The summed E-state index contributed by atoms with van der Waals surface area (Å²) in [4.78, 5) is 14.5. The van der Waals surface area contributed by atoms with Gasteiger partial charge in [-0.3, -0.25) is 4.68 Å². The lowest BCUT2D eigenvalue weighted by atomic mass is 10.2. The first-order valence-electron chi connectivity index (χ1n) is 8.59. The molecule has 0 radical (unpaired) electrons. The number of hydrogen-bond acceptors (Lipinski definition) is 3. The van der Waals surface area contributed by atoms with Crippen LogP contribution in [0.3, 0.4) is 0 Å². The molecule has 4 rings (SSSR count). The molecular formula is C19H22N4O2. The predicted molar refractivity (Wildman–Crippen MR) is 96.9 cm³/mol. The van der Waals surface area contributed by atoms with Crippen LogP contribution in [-0.4, -0.2) is 33.8 Å².